The van der Waals surface area contributed by atoms with E-state index in [0.717, 1.165) is 25.9 Å². The van der Waals surface area contributed by atoms with Gasteiger partial charge in [-0.2, -0.15) is 0 Å². The van der Waals surface area contributed by atoms with Gasteiger partial charge in [-0.3, -0.25) is 4.79 Å². The molecule has 2 atom stereocenters. The van der Waals surface area contributed by atoms with Crippen LogP contribution in [0.4, 0.5) is 0 Å². The van der Waals surface area contributed by atoms with E-state index in [4.69, 9.17) is 5.11 Å². The molecule has 4 heteroatoms. The summed E-state index contributed by atoms with van der Waals surface area (Å²) in [5, 5.41) is 11.8. The van der Waals surface area contributed by atoms with Gasteiger partial charge < -0.3 is 15.3 Å². The largest absolute Gasteiger partial charge is 0.396 e. The molecule has 1 saturated heterocycles. The van der Waals surface area contributed by atoms with Crippen LogP contribution in [0.25, 0.3) is 0 Å². The summed E-state index contributed by atoms with van der Waals surface area (Å²) >= 11 is 0. The van der Waals surface area contributed by atoms with Gasteiger partial charge >= 0.3 is 0 Å². The highest BCUT2D eigenvalue weighted by molar-refractivity contribution is 5.73. The maximum Gasteiger partial charge on any atom is 0.217 e. The molecule has 2 N–H and O–H groups in total. The molecule has 1 rings (SSSR count). The molecule has 0 aromatic rings. The lowest BCUT2D eigenvalue weighted by molar-refractivity contribution is -0.120. The summed E-state index contributed by atoms with van der Waals surface area (Å²) in [6, 6.07) is 0.253. The topological polar surface area (TPSA) is 52.6 Å². The van der Waals surface area contributed by atoms with E-state index in [1.807, 2.05) is 0 Å². The van der Waals surface area contributed by atoms with Crippen LogP contribution in [0.15, 0.2) is 0 Å². The second-order valence-electron chi connectivity index (χ2n) is 4.23. The quantitative estimate of drug-likeness (QED) is 0.665. The molecule has 82 valence electrons. The van der Waals surface area contributed by atoms with E-state index in [-0.39, 0.29) is 18.6 Å². The highest BCUT2D eigenvalue weighted by Gasteiger charge is 2.24. The van der Waals surface area contributed by atoms with E-state index < -0.39 is 0 Å². The Bertz CT molecular complexity index is 197. The molecule has 1 aliphatic heterocycles. The van der Waals surface area contributed by atoms with Crippen molar-refractivity contribution in [1.82, 2.24) is 10.2 Å². The van der Waals surface area contributed by atoms with E-state index in [1.54, 1.807) is 6.92 Å². The van der Waals surface area contributed by atoms with Crippen molar-refractivity contribution in [2.75, 3.05) is 26.7 Å². The van der Waals surface area contributed by atoms with Gasteiger partial charge in [-0.1, -0.05) is 0 Å². The highest BCUT2D eigenvalue weighted by atomic mass is 16.3. The number of carbonyl (C=O) groups is 1. The predicted octanol–water partition coefficient (Wildman–Crippen LogP) is -0.175. The van der Waals surface area contributed by atoms with Crippen molar-refractivity contribution in [3.63, 3.8) is 0 Å². The first-order valence-corrected chi connectivity index (χ1v) is 5.18. The summed E-state index contributed by atoms with van der Waals surface area (Å²) in [7, 11) is 2.05. The second-order valence-corrected chi connectivity index (χ2v) is 4.23. The highest BCUT2D eigenvalue weighted by Crippen LogP contribution is 2.18. The molecular formula is C10H20N2O2. The van der Waals surface area contributed by atoms with Crippen LogP contribution in [0.5, 0.6) is 0 Å². The fourth-order valence-electron chi connectivity index (χ4n) is 2.23. The van der Waals surface area contributed by atoms with Gasteiger partial charge in [0.2, 0.25) is 5.91 Å². The fraction of sp³-hybridized carbons (Fsp3) is 0.900. The van der Waals surface area contributed by atoms with Gasteiger partial charge in [0.05, 0.1) is 0 Å². The van der Waals surface area contributed by atoms with Crippen LogP contribution in [0.1, 0.15) is 19.8 Å². The number of amides is 1. The first kappa shape index (κ1) is 11.5. The van der Waals surface area contributed by atoms with Crippen molar-refractivity contribution >= 4 is 5.91 Å². The molecule has 0 saturated carbocycles. The second kappa shape index (κ2) is 5.32. The van der Waals surface area contributed by atoms with Crippen LogP contribution in [0.3, 0.4) is 0 Å². The van der Waals surface area contributed by atoms with Gasteiger partial charge in [0.15, 0.2) is 0 Å². The zero-order chi connectivity index (χ0) is 10.6. The fourth-order valence-corrected chi connectivity index (χ4v) is 2.23. The molecule has 0 spiro atoms. The number of nitrogens with one attached hydrogen (secondary N) is 1. The van der Waals surface area contributed by atoms with Crippen molar-refractivity contribution in [3.8, 4) is 0 Å². The van der Waals surface area contributed by atoms with Gasteiger partial charge in [-0.05, 0) is 25.8 Å². The lowest BCUT2D eigenvalue weighted by Crippen LogP contribution is -2.49. The minimum atomic E-state index is 0.0352. The first-order chi connectivity index (χ1) is 6.61. The SMILES string of the molecule is CC(=O)NC1CC(CCO)CN(C)C1. The lowest BCUT2D eigenvalue weighted by Gasteiger charge is -2.35. The molecule has 1 fully saturated rings. The third kappa shape index (κ3) is 3.64. The summed E-state index contributed by atoms with van der Waals surface area (Å²) in [5.41, 5.74) is 0. The summed E-state index contributed by atoms with van der Waals surface area (Å²) in [6.45, 7) is 3.74. The molecule has 0 aromatic heterocycles. The number of likely N-dealkylation sites (tertiary alicyclic amines) is 1. The van der Waals surface area contributed by atoms with Gasteiger partial charge in [0.1, 0.15) is 0 Å². The number of piperidine rings is 1. The summed E-state index contributed by atoms with van der Waals surface area (Å²) in [4.78, 5) is 13.1. The van der Waals surface area contributed by atoms with Crippen molar-refractivity contribution in [1.29, 1.82) is 0 Å². The maximum absolute atomic E-state index is 10.9. The van der Waals surface area contributed by atoms with Gasteiger partial charge in [0.25, 0.3) is 0 Å². The standard InChI is InChI=1S/C10H20N2O2/c1-8(14)11-10-5-9(3-4-13)6-12(2)7-10/h9-10,13H,3-7H2,1-2H3,(H,11,14). The van der Waals surface area contributed by atoms with Crippen molar-refractivity contribution in [3.05, 3.63) is 0 Å². The van der Waals surface area contributed by atoms with Crippen LogP contribution in [-0.2, 0) is 4.79 Å². The lowest BCUT2D eigenvalue weighted by atomic mass is 9.92. The normalized spacial score (nSPS) is 28.8. The number of hydrogen-bond donors (Lipinski definition) is 2. The number of nitrogens with zero attached hydrogens (tertiary/aromatic N) is 1. The van der Waals surface area contributed by atoms with Crippen LogP contribution >= 0.6 is 0 Å². The van der Waals surface area contributed by atoms with Crippen LogP contribution < -0.4 is 5.32 Å². The average molecular weight is 200 g/mol. The third-order valence-corrected chi connectivity index (χ3v) is 2.66. The minimum Gasteiger partial charge on any atom is -0.396 e. The molecule has 4 nitrogen and oxygen atoms in total. The summed E-state index contributed by atoms with van der Waals surface area (Å²) in [5.74, 6) is 0.545. The molecule has 1 amide bonds. The zero-order valence-corrected chi connectivity index (χ0v) is 8.99. The Morgan fingerprint density at radius 2 is 2.29 bits per heavy atom. The van der Waals surface area contributed by atoms with E-state index >= 15 is 0 Å². The molecule has 0 aliphatic carbocycles. The van der Waals surface area contributed by atoms with Gasteiger partial charge in [-0.15, -0.1) is 0 Å². The van der Waals surface area contributed by atoms with Crippen molar-refractivity contribution < 1.29 is 9.90 Å². The summed E-state index contributed by atoms with van der Waals surface area (Å²) < 4.78 is 0. The molecule has 1 aliphatic rings. The number of likely N-dealkylation sites (N-methyl/N-ethyl adjacent to an activating group) is 1. The van der Waals surface area contributed by atoms with E-state index in [2.05, 4.69) is 17.3 Å². The Kier molecular flexibility index (Phi) is 4.35. The number of hydrogen-bond acceptors (Lipinski definition) is 3. The Morgan fingerprint density at radius 1 is 1.57 bits per heavy atom. The summed E-state index contributed by atoms with van der Waals surface area (Å²) in [6.07, 6.45) is 1.82. The Balaban J connectivity index is 2.41. The Labute approximate surface area is 85.3 Å². The van der Waals surface area contributed by atoms with Crippen LogP contribution in [-0.4, -0.2) is 48.7 Å². The Morgan fingerprint density at radius 3 is 2.86 bits per heavy atom. The van der Waals surface area contributed by atoms with E-state index in [1.165, 1.54) is 0 Å². The maximum atomic E-state index is 10.9. The van der Waals surface area contributed by atoms with Gasteiger partial charge in [-0.25, -0.2) is 0 Å². The van der Waals surface area contributed by atoms with Crippen molar-refractivity contribution in [2.45, 2.75) is 25.8 Å². The van der Waals surface area contributed by atoms with E-state index in [9.17, 15) is 4.79 Å². The molecule has 0 radical (unpaired) electrons. The molecule has 0 aromatic carbocycles. The molecule has 1 heterocycles. The van der Waals surface area contributed by atoms with Gasteiger partial charge in [0, 0.05) is 32.7 Å². The first-order valence-electron chi connectivity index (χ1n) is 5.18. The number of rotatable bonds is 3. The predicted molar refractivity (Wildman–Crippen MR) is 54.9 cm³/mol. The minimum absolute atomic E-state index is 0.0352. The molecule has 14 heavy (non-hydrogen) atoms. The molecular weight excluding hydrogens is 180 g/mol. The Hall–Kier alpha value is -0.610. The van der Waals surface area contributed by atoms with Crippen LogP contribution in [0, 0.1) is 5.92 Å². The number of aliphatic hydroxyl groups excluding tert-OH is 1. The van der Waals surface area contributed by atoms with E-state index in [0.29, 0.717) is 5.92 Å². The monoisotopic (exact) mass is 200 g/mol. The average Bonchev–Trinajstić information content (AvgIpc) is 2.01. The van der Waals surface area contributed by atoms with Crippen LogP contribution in [0.2, 0.25) is 0 Å². The smallest absolute Gasteiger partial charge is 0.217 e. The molecule has 2 unspecified atom stereocenters. The number of aliphatic hydroxyl groups is 1. The zero-order valence-electron chi connectivity index (χ0n) is 8.99. The third-order valence-electron chi connectivity index (χ3n) is 2.66. The molecule has 0 bridgehead atoms. The number of carbonyl (C=O) groups excluding carboxylic acids is 1. The van der Waals surface area contributed by atoms with Crippen molar-refractivity contribution in [2.24, 2.45) is 5.92 Å².